The Balaban J connectivity index is 1.30. The van der Waals surface area contributed by atoms with E-state index in [9.17, 15) is 14.4 Å². The van der Waals surface area contributed by atoms with Crippen LogP contribution in [0.25, 0.3) is 0 Å². The normalized spacial score (nSPS) is 26.6. The number of pyridine rings is 1. The van der Waals surface area contributed by atoms with Crippen molar-refractivity contribution in [3.63, 3.8) is 0 Å². The van der Waals surface area contributed by atoms with Crippen LogP contribution >= 0.6 is 15.9 Å². The minimum Gasteiger partial charge on any atom is -0.445 e. The largest absolute Gasteiger partial charge is 0.445 e. The van der Waals surface area contributed by atoms with E-state index >= 15 is 0 Å². The maximum atomic E-state index is 12.8. The molecule has 7 nitrogen and oxygen atoms in total. The minimum absolute atomic E-state index is 0.195. The van der Waals surface area contributed by atoms with Gasteiger partial charge in [0.05, 0.1) is 10.0 Å². The highest BCUT2D eigenvalue weighted by molar-refractivity contribution is 9.10. The zero-order valence-corrected chi connectivity index (χ0v) is 18.2. The molecule has 1 saturated heterocycles. The Morgan fingerprint density at radius 3 is 2.57 bits per heavy atom. The van der Waals surface area contributed by atoms with Gasteiger partial charge in [-0.05, 0) is 65.7 Å². The van der Waals surface area contributed by atoms with Crippen molar-refractivity contribution in [3.05, 3.63) is 68.0 Å². The third-order valence-electron chi connectivity index (χ3n) is 6.69. The zero-order chi connectivity index (χ0) is 21.1. The molecule has 1 N–H and O–H groups in total. The van der Waals surface area contributed by atoms with E-state index in [1.807, 2.05) is 37.3 Å². The second-order valence-electron chi connectivity index (χ2n) is 8.50. The number of carbonyl (C=O) groups is 2. The summed E-state index contributed by atoms with van der Waals surface area (Å²) in [6, 6.07) is 11.3. The Morgan fingerprint density at radius 1 is 1.17 bits per heavy atom. The molecule has 0 bridgehead atoms. The Kier molecular flexibility index (Phi) is 4.32. The molecule has 2 amide bonds. The minimum atomic E-state index is -0.717. The molecule has 8 heteroatoms. The van der Waals surface area contributed by atoms with Gasteiger partial charge in [0.25, 0.3) is 11.5 Å². The van der Waals surface area contributed by atoms with Crippen molar-refractivity contribution in [2.24, 2.45) is 0 Å². The first-order valence-corrected chi connectivity index (χ1v) is 10.9. The standard InChI is InChI=1S/C22H22BrN3O4/c1-14-11-16(23)19(28)26-17(14)18(27)24-22(26)9-7-21(8-10-22)13-25(21)20(29)30-12-15-5-3-2-4-6-15/h2-6,11H,7-10,12-13H2,1H3,(H,24,27). The second-order valence-corrected chi connectivity index (χ2v) is 9.36. The zero-order valence-electron chi connectivity index (χ0n) is 16.6. The van der Waals surface area contributed by atoms with E-state index in [0.717, 1.165) is 11.1 Å². The lowest BCUT2D eigenvalue weighted by atomic mass is 9.81. The highest BCUT2D eigenvalue weighted by Crippen LogP contribution is 2.50. The highest BCUT2D eigenvalue weighted by Gasteiger charge is 2.61. The van der Waals surface area contributed by atoms with E-state index in [0.29, 0.717) is 42.4 Å². The molecular formula is C22H22BrN3O4. The third-order valence-corrected chi connectivity index (χ3v) is 7.26. The Morgan fingerprint density at radius 2 is 1.87 bits per heavy atom. The van der Waals surface area contributed by atoms with Gasteiger partial charge in [0.15, 0.2) is 0 Å². The topological polar surface area (TPSA) is 80.4 Å². The van der Waals surface area contributed by atoms with Gasteiger partial charge in [0.2, 0.25) is 0 Å². The number of hydrogen-bond donors (Lipinski definition) is 1. The summed E-state index contributed by atoms with van der Waals surface area (Å²) in [6.07, 6.45) is 2.33. The van der Waals surface area contributed by atoms with Gasteiger partial charge in [-0.3, -0.25) is 19.1 Å². The van der Waals surface area contributed by atoms with Gasteiger partial charge in [-0.1, -0.05) is 30.3 Å². The van der Waals surface area contributed by atoms with Crippen LogP contribution in [0.5, 0.6) is 0 Å². The van der Waals surface area contributed by atoms with E-state index in [-0.39, 0.29) is 29.7 Å². The molecule has 1 aromatic carbocycles. The number of carbonyl (C=O) groups excluding carboxylic acids is 2. The van der Waals surface area contributed by atoms with E-state index in [2.05, 4.69) is 21.2 Å². The van der Waals surface area contributed by atoms with E-state index in [1.165, 1.54) is 0 Å². The van der Waals surface area contributed by atoms with E-state index < -0.39 is 5.66 Å². The number of hydrogen-bond acceptors (Lipinski definition) is 4. The van der Waals surface area contributed by atoms with Crippen molar-refractivity contribution in [2.75, 3.05) is 6.54 Å². The molecular weight excluding hydrogens is 450 g/mol. The van der Waals surface area contributed by atoms with E-state index in [1.54, 1.807) is 15.5 Å². The van der Waals surface area contributed by atoms with Crippen molar-refractivity contribution in [3.8, 4) is 0 Å². The van der Waals surface area contributed by atoms with Crippen LogP contribution in [0.3, 0.4) is 0 Å². The fraction of sp³-hybridized carbons (Fsp3) is 0.409. The van der Waals surface area contributed by atoms with Crippen LogP contribution in [0.4, 0.5) is 4.79 Å². The fourth-order valence-corrected chi connectivity index (χ4v) is 5.46. The average molecular weight is 472 g/mol. The monoisotopic (exact) mass is 471 g/mol. The molecule has 0 radical (unpaired) electrons. The summed E-state index contributed by atoms with van der Waals surface area (Å²) in [7, 11) is 0. The number of nitrogens with one attached hydrogen (secondary N) is 1. The molecule has 156 valence electrons. The highest BCUT2D eigenvalue weighted by atomic mass is 79.9. The van der Waals surface area contributed by atoms with Gasteiger partial charge in [-0.2, -0.15) is 0 Å². The quantitative estimate of drug-likeness (QED) is 0.681. The van der Waals surface area contributed by atoms with Crippen LogP contribution in [-0.4, -0.2) is 33.6 Å². The summed E-state index contributed by atoms with van der Waals surface area (Å²) < 4.78 is 7.56. The van der Waals surface area contributed by atoms with Crippen molar-refractivity contribution in [2.45, 2.75) is 50.4 Å². The molecule has 3 heterocycles. The summed E-state index contributed by atoms with van der Waals surface area (Å²) in [5.41, 5.74) is 1.03. The molecule has 2 spiro atoms. The van der Waals surface area contributed by atoms with Gasteiger partial charge < -0.3 is 10.1 Å². The Labute approximate surface area is 182 Å². The van der Waals surface area contributed by atoms with Crippen LogP contribution in [0.2, 0.25) is 0 Å². The van der Waals surface area contributed by atoms with Gasteiger partial charge in [-0.15, -0.1) is 0 Å². The molecule has 0 unspecified atom stereocenters. The van der Waals surface area contributed by atoms with Gasteiger partial charge in [0.1, 0.15) is 18.0 Å². The number of fused-ring (bicyclic) bond motifs is 2. The number of aryl methyl sites for hydroxylation is 1. The van der Waals surface area contributed by atoms with Crippen molar-refractivity contribution >= 4 is 27.9 Å². The Bertz CT molecular complexity index is 1100. The van der Waals surface area contributed by atoms with Crippen LogP contribution in [0.15, 0.2) is 45.7 Å². The number of halogens is 1. The molecule has 1 aromatic heterocycles. The van der Waals surface area contributed by atoms with Crippen LogP contribution in [0.1, 0.15) is 47.3 Å². The first-order valence-electron chi connectivity index (χ1n) is 10.1. The molecule has 1 aliphatic carbocycles. The van der Waals surface area contributed by atoms with Crippen LogP contribution < -0.4 is 10.9 Å². The first-order chi connectivity index (χ1) is 14.4. The maximum Gasteiger partial charge on any atom is 0.410 e. The number of rotatable bonds is 2. The van der Waals surface area contributed by atoms with E-state index in [4.69, 9.17) is 4.74 Å². The van der Waals surface area contributed by atoms with Gasteiger partial charge in [-0.25, -0.2) is 4.79 Å². The molecule has 2 aliphatic heterocycles. The lowest BCUT2D eigenvalue weighted by molar-refractivity contribution is 0.0798. The van der Waals surface area contributed by atoms with Gasteiger partial charge >= 0.3 is 6.09 Å². The van der Waals surface area contributed by atoms with Crippen LogP contribution in [-0.2, 0) is 17.0 Å². The number of benzene rings is 1. The van der Waals surface area contributed by atoms with Crippen molar-refractivity contribution < 1.29 is 14.3 Å². The summed E-state index contributed by atoms with van der Waals surface area (Å²) in [5, 5.41) is 3.07. The smallest absolute Gasteiger partial charge is 0.410 e. The van der Waals surface area contributed by atoms with Gasteiger partial charge in [0, 0.05) is 6.54 Å². The average Bonchev–Trinajstić information content (AvgIpc) is 3.37. The lowest BCUT2D eigenvalue weighted by Gasteiger charge is -2.38. The first kappa shape index (κ1) is 19.4. The Hall–Kier alpha value is -2.61. The third kappa shape index (κ3) is 2.88. The molecule has 0 atom stereocenters. The number of aromatic nitrogens is 1. The molecule has 3 aliphatic rings. The van der Waals surface area contributed by atoms with Crippen molar-refractivity contribution in [1.82, 2.24) is 14.8 Å². The predicted molar refractivity (Wildman–Crippen MR) is 113 cm³/mol. The molecule has 5 rings (SSSR count). The lowest BCUT2D eigenvalue weighted by Crippen LogP contribution is -2.51. The molecule has 30 heavy (non-hydrogen) atoms. The fourth-order valence-electron chi connectivity index (χ4n) is 4.94. The molecule has 2 aromatic rings. The predicted octanol–water partition coefficient (Wildman–Crippen LogP) is 3.28. The molecule has 1 saturated carbocycles. The van der Waals surface area contributed by atoms with Crippen molar-refractivity contribution in [1.29, 1.82) is 0 Å². The number of nitrogens with zero attached hydrogens (tertiary/aromatic N) is 2. The summed E-state index contributed by atoms with van der Waals surface area (Å²) in [4.78, 5) is 39.8. The maximum absolute atomic E-state index is 12.8. The second kappa shape index (κ2) is 6.70. The van der Waals surface area contributed by atoms with Crippen LogP contribution in [0, 0.1) is 6.92 Å². The molecule has 2 fully saturated rings. The summed E-state index contributed by atoms with van der Waals surface area (Å²) in [6.45, 7) is 2.75. The summed E-state index contributed by atoms with van der Waals surface area (Å²) >= 11 is 3.33. The number of amides is 2. The summed E-state index contributed by atoms with van der Waals surface area (Å²) in [5.74, 6) is -0.206. The SMILES string of the molecule is Cc1cc(Br)c(=O)n2c1C(=O)NC21CCC2(CC1)CN2C(=O)OCc1ccccc1. The number of ether oxygens (including phenoxy) is 1.